The molecule has 2 aliphatic rings. The van der Waals surface area contributed by atoms with Gasteiger partial charge in [0.1, 0.15) is 5.76 Å². The summed E-state index contributed by atoms with van der Waals surface area (Å²) < 4.78 is 10.9. The van der Waals surface area contributed by atoms with Crippen molar-refractivity contribution in [3.8, 4) is 11.5 Å². The molecule has 3 heterocycles. The van der Waals surface area contributed by atoms with Gasteiger partial charge in [-0.3, -0.25) is 14.6 Å². The van der Waals surface area contributed by atoms with Crippen LogP contribution in [0.5, 0.6) is 11.5 Å². The molecule has 5 rings (SSSR count). The number of fused-ring (bicyclic) bond motifs is 1. The van der Waals surface area contributed by atoms with Crippen LogP contribution in [0, 0.1) is 0 Å². The summed E-state index contributed by atoms with van der Waals surface area (Å²) in [5, 5.41) is 11.0. The molecule has 1 N–H and O–H groups in total. The third-order valence-electron chi connectivity index (χ3n) is 5.38. The van der Waals surface area contributed by atoms with Gasteiger partial charge in [-0.15, -0.1) is 0 Å². The normalized spacial score (nSPS) is 19.1. The van der Waals surface area contributed by atoms with Crippen molar-refractivity contribution in [2.24, 2.45) is 0 Å². The van der Waals surface area contributed by atoms with Crippen molar-refractivity contribution in [1.29, 1.82) is 0 Å². The molecule has 0 saturated carbocycles. The molecule has 1 unspecified atom stereocenters. The molecule has 0 bridgehead atoms. The largest absolute Gasteiger partial charge is 0.507 e. The first-order chi connectivity index (χ1) is 15.1. The molecule has 0 aliphatic carbocycles. The highest BCUT2D eigenvalue weighted by molar-refractivity contribution is 6.46. The SMILES string of the molecule is O=C1C(=O)N(Cc2cccnc2)C(c2ccc3c(c2)OCO3)/C1=C(/O)c1ccccc1. The van der Waals surface area contributed by atoms with Gasteiger partial charge in [-0.1, -0.05) is 42.5 Å². The third-order valence-corrected chi connectivity index (χ3v) is 5.38. The third kappa shape index (κ3) is 3.30. The van der Waals surface area contributed by atoms with Gasteiger partial charge in [0.15, 0.2) is 11.5 Å². The number of Topliss-reactive ketones (excluding diaryl/α,β-unsaturated/α-hetero) is 1. The van der Waals surface area contributed by atoms with Crippen LogP contribution in [0.4, 0.5) is 0 Å². The Hall–Kier alpha value is -4.13. The van der Waals surface area contributed by atoms with Gasteiger partial charge in [0.2, 0.25) is 6.79 Å². The van der Waals surface area contributed by atoms with E-state index in [1.54, 1.807) is 60.9 Å². The second-order valence-corrected chi connectivity index (χ2v) is 7.27. The number of aliphatic hydroxyl groups is 1. The van der Waals surface area contributed by atoms with Gasteiger partial charge in [0, 0.05) is 24.5 Å². The Balaban J connectivity index is 1.66. The molecular formula is C24H18N2O5. The highest BCUT2D eigenvalue weighted by atomic mass is 16.7. The zero-order valence-electron chi connectivity index (χ0n) is 16.4. The van der Waals surface area contributed by atoms with E-state index in [0.29, 0.717) is 22.6 Å². The Morgan fingerprint density at radius 3 is 2.61 bits per heavy atom. The summed E-state index contributed by atoms with van der Waals surface area (Å²) in [6, 6.07) is 16.8. The Morgan fingerprint density at radius 2 is 1.84 bits per heavy atom. The van der Waals surface area contributed by atoms with Crippen LogP contribution in [0.25, 0.3) is 5.76 Å². The molecule has 0 spiro atoms. The molecule has 154 valence electrons. The zero-order valence-corrected chi connectivity index (χ0v) is 16.4. The topological polar surface area (TPSA) is 89.0 Å². The minimum absolute atomic E-state index is 0.0407. The fourth-order valence-electron chi connectivity index (χ4n) is 3.91. The van der Waals surface area contributed by atoms with E-state index in [4.69, 9.17) is 9.47 Å². The maximum atomic E-state index is 13.1. The number of carbonyl (C=O) groups excluding carboxylic acids is 2. The molecule has 3 aromatic rings. The minimum Gasteiger partial charge on any atom is -0.507 e. The first-order valence-corrected chi connectivity index (χ1v) is 9.76. The molecule has 7 heteroatoms. The monoisotopic (exact) mass is 414 g/mol. The van der Waals surface area contributed by atoms with E-state index in [9.17, 15) is 14.7 Å². The van der Waals surface area contributed by atoms with E-state index in [1.807, 2.05) is 12.1 Å². The molecule has 1 fully saturated rings. The smallest absolute Gasteiger partial charge is 0.295 e. The molecule has 7 nitrogen and oxygen atoms in total. The van der Waals surface area contributed by atoms with Crippen molar-refractivity contribution >= 4 is 17.4 Å². The number of nitrogens with zero attached hydrogens (tertiary/aromatic N) is 2. The van der Waals surface area contributed by atoms with Crippen LogP contribution in [0.3, 0.4) is 0 Å². The number of benzene rings is 2. The number of ether oxygens (including phenoxy) is 2. The van der Waals surface area contributed by atoms with Gasteiger partial charge in [-0.2, -0.15) is 0 Å². The lowest BCUT2D eigenvalue weighted by Gasteiger charge is -2.25. The molecule has 0 radical (unpaired) electrons. The van der Waals surface area contributed by atoms with E-state index in [2.05, 4.69) is 4.98 Å². The summed E-state index contributed by atoms with van der Waals surface area (Å²) in [5.74, 6) is -0.493. The quantitative estimate of drug-likeness (QED) is 0.400. The van der Waals surface area contributed by atoms with Crippen LogP contribution in [0.15, 0.2) is 78.6 Å². The Labute approximate surface area is 178 Å². The average Bonchev–Trinajstić information content (AvgIpc) is 3.37. The van der Waals surface area contributed by atoms with Gasteiger partial charge in [0.05, 0.1) is 11.6 Å². The lowest BCUT2D eigenvalue weighted by atomic mass is 9.95. The highest BCUT2D eigenvalue weighted by Crippen LogP contribution is 2.43. The number of aliphatic hydroxyl groups excluding tert-OH is 1. The lowest BCUT2D eigenvalue weighted by molar-refractivity contribution is -0.140. The van der Waals surface area contributed by atoms with E-state index in [0.717, 1.165) is 5.56 Å². The fourth-order valence-corrected chi connectivity index (χ4v) is 3.91. The second-order valence-electron chi connectivity index (χ2n) is 7.27. The summed E-state index contributed by atoms with van der Waals surface area (Å²) in [7, 11) is 0. The summed E-state index contributed by atoms with van der Waals surface area (Å²) in [5.41, 5.74) is 1.92. The van der Waals surface area contributed by atoms with E-state index < -0.39 is 17.7 Å². The minimum atomic E-state index is -0.782. The molecule has 31 heavy (non-hydrogen) atoms. The Morgan fingerprint density at radius 1 is 1.03 bits per heavy atom. The van der Waals surface area contributed by atoms with Gasteiger partial charge in [0.25, 0.3) is 11.7 Å². The molecule has 1 aromatic heterocycles. The van der Waals surface area contributed by atoms with Crippen molar-refractivity contribution in [1.82, 2.24) is 9.88 Å². The van der Waals surface area contributed by atoms with E-state index in [-0.39, 0.29) is 24.7 Å². The molecule has 2 aliphatic heterocycles. The van der Waals surface area contributed by atoms with Crippen molar-refractivity contribution in [3.63, 3.8) is 0 Å². The van der Waals surface area contributed by atoms with Crippen molar-refractivity contribution < 1.29 is 24.2 Å². The van der Waals surface area contributed by atoms with Crippen LogP contribution in [0.1, 0.15) is 22.7 Å². The number of likely N-dealkylation sites (tertiary alicyclic amines) is 1. The van der Waals surface area contributed by atoms with Crippen LogP contribution >= 0.6 is 0 Å². The number of carbonyl (C=O) groups is 2. The Bertz CT molecular complexity index is 1190. The summed E-state index contributed by atoms with van der Waals surface area (Å²) >= 11 is 0. The summed E-state index contributed by atoms with van der Waals surface area (Å²) in [4.78, 5) is 31.6. The lowest BCUT2D eigenvalue weighted by Crippen LogP contribution is -2.29. The first-order valence-electron chi connectivity index (χ1n) is 9.76. The van der Waals surface area contributed by atoms with Gasteiger partial charge < -0.3 is 19.5 Å². The number of amides is 1. The number of hydrogen-bond donors (Lipinski definition) is 1. The molecular weight excluding hydrogens is 396 g/mol. The number of aromatic nitrogens is 1. The Kier molecular flexibility index (Phi) is 4.63. The average molecular weight is 414 g/mol. The van der Waals surface area contributed by atoms with Gasteiger partial charge >= 0.3 is 0 Å². The molecule has 1 amide bonds. The van der Waals surface area contributed by atoms with Crippen molar-refractivity contribution in [2.45, 2.75) is 12.6 Å². The second kappa shape index (κ2) is 7.60. The standard InChI is InChI=1S/C24H18N2O5/c27-22(16-6-2-1-3-7-16)20-21(17-8-9-18-19(11-17)31-14-30-18)26(24(29)23(20)28)13-15-5-4-10-25-12-15/h1-12,21,27H,13-14H2/b22-20-. The predicted octanol–water partition coefficient (Wildman–Crippen LogP) is 3.43. The molecule has 1 atom stereocenters. The van der Waals surface area contributed by atoms with Crippen molar-refractivity contribution in [2.75, 3.05) is 6.79 Å². The van der Waals surface area contributed by atoms with Gasteiger partial charge in [-0.25, -0.2) is 0 Å². The van der Waals surface area contributed by atoms with Crippen LogP contribution in [-0.4, -0.2) is 33.5 Å². The summed E-state index contributed by atoms with van der Waals surface area (Å²) in [6.45, 7) is 0.280. The number of ketones is 1. The van der Waals surface area contributed by atoms with E-state index in [1.165, 1.54) is 4.90 Å². The maximum Gasteiger partial charge on any atom is 0.295 e. The van der Waals surface area contributed by atoms with Crippen molar-refractivity contribution in [3.05, 3.63) is 95.3 Å². The summed E-state index contributed by atoms with van der Waals surface area (Å²) in [6.07, 6.45) is 3.29. The highest BCUT2D eigenvalue weighted by Gasteiger charge is 2.46. The van der Waals surface area contributed by atoms with Crippen LogP contribution < -0.4 is 9.47 Å². The van der Waals surface area contributed by atoms with Crippen LogP contribution in [-0.2, 0) is 16.1 Å². The fraction of sp³-hybridized carbons (Fsp3) is 0.125. The molecule has 1 saturated heterocycles. The van der Waals surface area contributed by atoms with Crippen LogP contribution in [0.2, 0.25) is 0 Å². The first kappa shape index (κ1) is 18.9. The maximum absolute atomic E-state index is 13.1. The number of pyridine rings is 1. The van der Waals surface area contributed by atoms with E-state index >= 15 is 0 Å². The number of hydrogen-bond acceptors (Lipinski definition) is 6. The zero-order chi connectivity index (χ0) is 21.4. The predicted molar refractivity (Wildman–Crippen MR) is 111 cm³/mol. The van der Waals surface area contributed by atoms with Gasteiger partial charge in [-0.05, 0) is 29.3 Å². The number of rotatable bonds is 4. The molecule has 2 aromatic carbocycles.